The van der Waals surface area contributed by atoms with E-state index in [0.29, 0.717) is 17.2 Å². The maximum absolute atomic E-state index is 12.9. The van der Waals surface area contributed by atoms with Crippen LogP contribution < -0.4 is 10.1 Å². The van der Waals surface area contributed by atoms with Crippen molar-refractivity contribution in [2.24, 2.45) is 0 Å². The Bertz CT molecular complexity index is 686. The molecule has 0 fully saturated rings. The normalized spacial score (nSPS) is 12.7. The second kappa shape index (κ2) is 8.52. The number of aryl methyl sites for hydroxylation is 2. The van der Waals surface area contributed by atoms with Gasteiger partial charge in [0.15, 0.2) is 0 Å². The first-order chi connectivity index (χ1) is 11.8. The molecular weight excluding hydrogens is 347 g/mol. The molecule has 0 amide bonds. The fraction of sp³-hybridized carbons (Fsp3) is 0.368. The molecule has 0 aliphatic rings. The minimum atomic E-state index is -4.22. The summed E-state index contributed by atoms with van der Waals surface area (Å²) >= 11 is 1.42. The van der Waals surface area contributed by atoms with Crippen molar-refractivity contribution < 1.29 is 17.9 Å². The number of methoxy groups -OCH3 is 1. The highest BCUT2D eigenvalue weighted by atomic mass is 32.2. The van der Waals surface area contributed by atoms with Crippen molar-refractivity contribution in [2.45, 2.75) is 37.4 Å². The highest BCUT2D eigenvalue weighted by Gasteiger charge is 2.32. The second-order valence-corrected chi connectivity index (χ2v) is 7.06. The molecule has 0 saturated heterocycles. The number of alkyl halides is 3. The van der Waals surface area contributed by atoms with Crippen molar-refractivity contribution in [1.82, 2.24) is 0 Å². The fourth-order valence-corrected chi connectivity index (χ4v) is 3.33. The van der Waals surface area contributed by atoms with Crippen LogP contribution in [0.25, 0.3) is 0 Å². The Hall–Kier alpha value is -1.82. The summed E-state index contributed by atoms with van der Waals surface area (Å²) in [5, 5.41) is 3.04. The number of halogens is 3. The van der Waals surface area contributed by atoms with E-state index in [0.717, 1.165) is 16.0 Å². The maximum atomic E-state index is 12.9. The Morgan fingerprint density at radius 1 is 1.08 bits per heavy atom. The van der Waals surface area contributed by atoms with Crippen molar-refractivity contribution in [1.29, 1.82) is 0 Å². The van der Waals surface area contributed by atoms with Gasteiger partial charge < -0.3 is 10.1 Å². The van der Waals surface area contributed by atoms with Crippen molar-refractivity contribution in [3.05, 3.63) is 53.6 Å². The van der Waals surface area contributed by atoms with Gasteiger partial charge in [0.1, 0.15) is 5.75 Å². The number of hydrogen-bond donors (Lipinski definition) is 1. The molecule has 0 bridgehead atoms. The van der Waals surface area contributed by atoms with E-state index < -0.39 is 18.6 Å². The molecule has 6 heteroatoms. The van der Waals surface area contributed by atoms with Gasteiger partial charge in [0.2, 0.25) is 0 Å². The molecule has 1 unspecified atom stereocenters. The zero-order valence-corrected chi connectivity index (χ0v) is 15.3. The highest BCUT2D eigenvalue weighted by molar-refractivity contribution is 7.99. The average molecular weight is 369 g/mol. The van der Waals surface area contributed by atoms with Crippen LogP contribution in [0.2, 0.25) is 0 Å². The first kappa shape index (κ1) is 19.5. The van der Waals surface area contributed by atoms with E-state index >= 15 is 0 Å². The van der Waals surface area contributed by atoms with Crippen LogP contribution in [0.1, 0.15) is 17.5 Å². The lowest BCUT2D eigenvalue weighted by molar-refractivity contribution is -0.135. The summed E-state index contributed by atoms with van der Waals surface area (Å²) in [5.41, 5.74) is 2.68. The predicted molar refractivity (Wildman–Crippen MR) is 97.7 cm³/mol. The standard InChI is InChI=1S/C19H22F3NOS/c1-13-4-7-17(8-5-13)25-12-15(11-19(20,21)22)23-18-9-6-16(24-3)10-14(18)2/h4-10,15,23H,11-12H2,1-3H3. The van der Waals surface area contributed by atoms with Gasteiger partial charge in [0, 0.05) is 22.4 Å². The molecule has 2 nitrogen and oxygen atoms in total. The van der Waals surface area contributed by atoms with Crippen molar-refractivity contribution >= 4 is 17.4 Å². The molecule has 2 aromatic rings. The molecule has 2 rings (SSSR count). The molecule has 25 heavy (non-hydrogen) atoms. The van der Waals surface area contributed by atoms with Crippen LogP contribution in [-0.4, -0.2) is 25.1 Å². The molecule has 0 spiro atoms. The molecule has 0 radical (unpaired) electrons. The average Bonchev–Trinajstić information content (AvgIpc) is 2.54. The zero-order valence-electron chi connectivity index (χ0n) is 14.5. The topological polar surface area (TPSA) is 21.3 Å². The molecule has 0 saturated carbocycles. The summed E-state index contributed by atoms with van der Waals surface area (Å²) in [4.78, 5) is 0.964. The lowest BCUT2D eigenvalue weighted by Gasteiger charge is -2.22. The van der Waals surface area contributed by atoms with Crippen LogP contribution >= 0.6 is 11.8 Å². The van der Waals surface area contributed by atoms with E-state index in [1.54, 1.807) is 25.3 Å². The lowest BCUT2D eigenvalue weighted by Crippen LogP contribution is -2.29. The minimum Gasteiger partial charge on any atom is -0.497 e. The van der Waals surface area contributed by atoms with Gasteiger partial charge in [0.25, 0.3) is 0 Å². The van der Waals surface area contributed by atoms with Gasteiger partial charge in [-0.1, -0.05) is 17.7 Å². The smallest absolute Gasteiger partial charge is 0.391 e. The van der Waals surface area contributed by atoms with Gasteiger partial charge in [-0.2, -0.15) is 13.2 Å². The number of nitrogens with one attached hydrogen (secondary N) is 1. The number of ether oxygens (including phenoxy) is 1. The van der Waals surface area contributed by atoms with Crippen LogP contribution in [0.5, 0.6) is 5.75 Å². The molecule has 1 N–H and O–H groups in total. The Morgan fingerprint density at radius 2 is 1.76 bits per heavy atom. The second-order valence-electron chi connectivity index (χ2n) is 5.97. The van der Waals surface area contributed by atoms with Gasteiger partial charge in [-0.05, 0) is 49.7 Å². The third kappa shape index (κ3) is 6.53. The van der Waals surface area contributed by atoms with Crippen LogP contribution in [-0.2, 0) is 0 Å². The number of rotatable bonds is 7. The zero-order chi connectivity index (χ0) is 18.4. The predicted octanol–water partition coefficient (Wildman–Crippen LogP) is 5.84. The Morgan fingerprint density at radius 3 is 2.32 bits per heavy atom. The Balaban J connectivity index is 2.08. The molecule has 0 aromatic heterocycles. The highest BCUT2D eigenvalue weighted by Crippen LogP contribution is 2.29. The molecular formula is C19H22F3NOS. The third-order valence-electron chi connectivity index (χ3n) is 3.74. The van der Waals surface area contributed by atoms with E-state index in [1.165, 1.54) is 11.8 Å². The van der Waals surface area contributed by atoms with Gasteiger partial charge >= 0.3 is 6.18 Å². The summed E-state index contributed by atoms with van der Waals surface area (Å²) < 4.78 is 44.0. The van der Waals surface area contributed by atoms with Gasteiger partial charge in [-0.3, -0.25) is 0 Å². The Labute approximate surface area is 150 Å². The first-order valence-electron chi connectivity index (χ1n) is 7.94. The third-order valence-corrected chi connectivity index (χ3v) is 4.92. The summed E-state index contributed by atoms with van der Waals surface area (Å²) in [6.07, 6.45) is -5.09. The van der Waals surface area contributed by atoms with E-state index in [1.807, 2.05) is 38.1 Å². The number of anilines is 1. The monoisotopic (exact) mass is 369 g/mol. The summed E-state index contributed by atoms with van der Waals surface area (Å²) in [5.74, 6) is 1.01. The van der Waals surface area contributed by atoms with Crippen LogP contribution in [0, 0.1) is 13.8 Å². The van der Waals surface area contributed by atoms with E-state index in [4.69, 9.17) is 4.74 Å². The molecule has 136 valence electrons. The summed E-state index contributed by atoms with van der Waals surface area (Å²) in [7, 11) is 1.56. The lowest BCUT2D eigenvalue weighted by atomic mass is 10.1. The summed E-state index contributed by atoms with van der Waals surface area (Å²) in [6.45, 7) is 3.83. The summed E-state index contributed by atoms with van der Waals surface area (Å²) in [6, 6.07) is 12.4. The first-order valence-corrected chi connectivity index (χ1v) is 8.93. The number of thioether (sulfide) groups is 1. The van der Waals surface area contributed by atoms with Crippen molar-refractivity contribution in [3.8, 4) is 5.75 Å². The largest absolute Gasteiger partial charge is 0.497 e. The molecule has 0 aliphatic heterocycles. The van der Waals surface area contributed by atoms with Gasteiger partial charge in [-0.15, -0.1) is 11.8 Å². The van der Waals surface area contributed by atoms with E-state index in [2.05, 4.69) is 5.32 Å². The molecule has 1 atom stereocenters. The molecule has 0 aliphatic carbocycles. The van der Waals surface area contributed by atoms with Crippen LogP contribution in [0.4, 0.5) is 18.9 Å². The quantitative estimate of drug-likeness (QED) is 0.620. The number of hydrogen-bond acceptors (Lipinski definition) is 3. The van der Waals surface area contributed by atoms with Crippen LogP contribution in [0.3, 0.4) is 0 Å². The molecule has 2 aromatic carbocycles. The maximum Gasteiger partial charge on any atom is 0.391 e. The van der Waals surface area contributed by atoms with Gasteiger partial charge in [-0.25, -0.2) is 0 Å². The minimum absolute atomic E-state index is 0.327. The van der Waals surface area contributed by atoms with Gasteiger partial charge in [0.05, 0.1) is 13.5 Å². The molecule has 0 heterocycles. The Kier molecular flexibility index (Phi) is 6.64. The van der Waals surface area contributed by atoms with Crippen molar-refractivity contribution in [2.75, 3.05) is 18.2 Å². The van der Waals surface area contributed by atoms with Crippen LogP contribution in [0.15, 0.2) is 47.4 Å². The SMILES string of the molecule is COc1ccc(NC(CSc2ccc(C)cc2)CC(F)(F)F)c(C)c1. The van der Waals surface area contributed by atoms with E-state index in [-0.39, 0.29) is 0 Å². The number of benzene rings is 2. The van der Waals surface area contributed by atoms with Crippen molar-refractivity contribution in [3.63, 3.8) is 0 Å². The fourth-order valence-electron chi connectivity index (χ4n) is 2.41. The van der Waals surface area contributed by atoms with E-state index in [9.17, 15) is 13.2 Å².